The van der Waals surface area contributed by atoms with Gasteiger partial charge in [-0.25, -0.2) is 0 Å². The number of hydrogen-bond acceptors (Lipinski definition) is 2. The molecule has 0 radical (unpaired) electrons. The smallest absolute Gasteiger partial charge is 0.159 e. The summed E-state index contributed by atoms with van der Waals surface area (Å²) >= 11 is 3.41. The largest absolute Gasteiger partial charge is 0.381 e. The summed E-state index contributed by atoms with van der Waals surface area (Å²) in [6.45, 7) is 2.32. The predicted octanol–water partition coefficient (Wildman–Crippen LogP) is 4.26. The summed E-state index contributed by atoms with van der Waals surface area (Å²) in [7, 11) is 0. The summed E-state index contributed by atoms with van der Waals surface area (Å²) in [6.07, 6.45) is 0. The van der Waals surface area contributed by atoms with Crippen LogP contribution in [0.1, 0.15) is 22.8 Å². The fourth-order valence-electron chi connectivity index (χ4n) is 1.65. The average molecular weight is 304 g/mol. The van der Waals surface area contributed by atoms with Crippen LogP contribution in [0, 0.1) is 0 Å². The molecule has 1 N–H and O–H groups in total. The maximum Gasteiger partial charge on any atom is 0.159 e. The number of anilines is 1. The molecule has 0 aliphatic heterocycles. The Balaban J connectivity index is 2.04. The van der Waals surface area contributed by atoms with Crippen molar-refractivity contribution in [2.75, 3.05) is 5.32 Å². The molecule has 0 saturated carbocycles. The van der Waals surface area contributed by atoms with Crippen LogP contribution < -0.4 is 5.32 Å². The molecule has 0 aliphatic carbocycles. The van der Waals surface area contributed by atoms with Crippen LogP contribution in [0.4, 0.5) is 5.69 Å². The summed E-state index contributed by atoms with van der Waals surface area (Å²) in [5.74, 6) is 0.0855. The zero-order chi connectivity index (χ0) is 13.0. The van der Waals surface area contributed by atoms with Crippen molar-refractivity contribution in [3.05, 3.63) is 64.1 Å². The molecule has 2 nitrogen and oxygen atoms in total. The normalized spacial score (nSPS) is 10.1. The van der Waals surface area contributed by atoms with Crippen molar-refractivity contribution in [2.45, 2.75) is 13.5 Å². The van der Waals surface area contributed by atoms with Gasteiger partial charge in [-0.1, -0.05) is 40.2 Å². The fourth-order valence-corrected chi connectivity index (χ4v) is 1.92. The minimum Gasteiger partial charge on any atom is -0.381 e. The van der Waals surface area contributed by atoms with E-state index in [0.29, 0.717) is 0 Å². The molecule has 3 heteroatoms. The minimum atomic E-state index is 0.0855. The second kappa shape index (κ2) is 5.83. The Morgan fingerprint density at radius 3 is 2.56 bits per heavy atom. The van der Waals surface area contributed by atoms with Crippen molar-refractivity contribution in [3.8, 4) is 0 Å². The van der Waals surface area contributed by atoms with E-state index < -0.39 is 0 Å². The van der Waals surface area contributed by atoms with Crippen molar-refractivity contribution in [2.24, 2.45) is 0 Å². The van der Waals surface area contributed by atoms with Gasteiger partial charge in [0.05, 0.1) is 0 Å². The summed E-state index contributed by atoms with van der Waals surface area (Å²) in [5, 5.41) is 3.31. The van der Waals surface area contributed by atoms with Crippen LogP contribution in [0.25, 0.3) is 0 Å². The van der Waals surface area contributed by atoms with Gasteiger partial charge in [0.1, 0.15) is 0 Å². The van der Waals surface area contributed by atoms with E-state index in [9.17, 15) is 4.79 Å². The number of halogens is 1. The number of nitrogens with one attached hydrogen (secondary N) is 1. The van der Waals surface area contributed by atoms with Crippen LogP contribution in [0.2, 0.25) is 0 Å². The van der Waals surface area contributed by atoms with Crippen LogP contribution in [0.5, 0.6) is 0 Å². The molecule has 2 rings (SSSR count). The molecule has 0 aliphatic rings. The standard InChI is InChI=1S/C15H14BrNO/c1-11(18)13-3-2-4-15(9-13)17-10-12-5-7-14(16)8-6-12/h2-9,17H,10H2,1H3. The molecule has 92 valence electrons. The Kier molecular flexibility index (Phi) is 4.15. The van der Waals surface area contributed by atoms with Gasteiger partial charge in [-0.3, -0.25) is 4.79 Å². The van der Waals surface area contributed by atoms with Crippen LogP contribution in [-0.4, -0.2) is 5.78 Å². The van der Waals surface area contributed by atoms with Gasteiger partial charge >= 0.3 is 0 Å². The number of ketones is 1. The molecule has 0 amide bonds. The summed E-state index contributed by atoms with van der Waals surface area (Å²) in [5.41, 5.74) is 2.90. The van der Waals surface area contributed by atoms with E-state index in [1.165, 1.54) is 5.56 Å². The Labute approximate surface area is 115 Å². The lowest BCUT2D eigenvalue weighted by atomic mass is 10.1. The fraction of sp³-hybridized carbons (Fsp3) is 0.133. The molecule has 0 spiro atoms. The summed E-state index contributed by atoms with van der Waals surface area (Å²) < 4.78 is 1.07. The molecular formula is C15H14BrNO. The van der Waals surface area contributed by atoms with Crippen LogP contribution in [-0.2, 0) is 6.54 Å². The Bertz CT molecular complexity index is 549. The zero-order valence-corrected chi connectivity index (χ0v) is 11.7. The van der Waals surface area contributed by atoms with Crippen molar-refractivity contribution >= 4 is 27.4 Å². The maximum atomic E-state index is 11.3. The predicted molar refractivity (Wildman–Crippen MR) is 77.9 cm³/mol. The third-order valence-corrected chi connectivity index (χ3v) is 3.21. The van der Waals surface area contributed by atoms with Crippen molar-refractivity contribution in [3.63, 3.8) is 0 Å². The SMILES string of the molecule is CC(=O)c1cccc(NCc2ccc(Br)cc2)c1. The first-order chi connectivity index (χ1) is 8.65. The van der Waals surface area contributed by atoms with Crippen molar-refractivity contribution < 1.29 is 4.79 Å². The first kappa shape index (κ1) is 12.8. The molecule has 2 aromatic carbocycles. The molecule has 0 atom stereocenters. The van der Waals surface area contributed by atoms with Gasteiger partial charge in [-0.2, -0.15) is 0 Å². The van der Waals surface area contributed by atoms with E-state index >= 15 is 0 Å². The maximum absolute atomic E-state index is 11.3. The lowest BCUT2D eigenvalue weighted by molar-refractivity contribution is 0.101. The lowest BCUT2D eigenvalue weighted by Crippen LogP contribution is -2.00. The minimum absolute atomic E-state index is 0.0855. The number of Topliss-reactive ketones (excluding diaryl/α,β-unsaturated/α-hetero) is 1. The molecule has 2 aromatic rings. The van der Waals surface area contributed by atoms with Gasteiger partial charge in [0.2, 0.25) is 0 Å². The van der Waals surface area contributed by atoms with Gasteiger partial charge in [0.15, 0.2) is 5.78 Å². The molecule has 0 saturated heterocycles. The van der Waals surface area contributed by atoms with Gasteiger partial charge < -0.3 is 5.32 Å². The Morgan fingerprint density at radius 2 is 1.89 bits per heavy atom. The highest BCUT2D eigenvalue weighted by molar-refractivity contribution is 9.10. The van der Waals surface area contributed by atoms with E-state index in [1.54, 1.807) is 6.92 Å². The molecular weight excluding hydrogens is 290 g/mol. The Hall–Kier alpha value is -1.61. The topological polar surface area (TPSA) is 29.1 Å². The number of carbonyl (C=O) groups is 1. The van der Waals surface area contributed by atoms with E-state index in [0.717, 1.165) is 22.3 Å². The molecule has 0 unspecified atom stereocenters. The number of hydrogen-bond donors (Lipinski definition) is 1. The third-order valence-electron chi connectivity index (χ3n) is 2.68. The lowest BCUT2D eigenvalue weighted by Gasteiger charge is -2.07. The number of benzene rings is 2. The van der Waals surface area contributed by atoms with Crippen molar-refractivity contribution in [1.82, 2.24) is 0 Å². The molecule has 0 heterocycles. The van der Waals surface area contributed by atoms with Gasteiger partial charge in [0, 0.05) is 22.3 Å². The first-order valence-electron chi connectivity index (χ1n) is 5.74. The molecule has 18 heavy (non-hydrogen) atoms. The quantitative estimate of drug-likeness (QED) is 0.855. The highest BCUT2D eigenvalue weighted by Gasteiger charge is 2.00. The highest BCUT2D eigenvalue weighted by atomic mass is 79.9. The van der Waals surface area contributed by atoms with Crippen LogP contribution >= 0.6 is 15.9 Å². The van der Waals surface area contributed by atoms with E-state index in [-0.39, 0.29) is 5.78 Å². The summed E-state index contributed by atoms with van der Waals surface area (Å²) in [4.78, 5) is 11.3. The summed E-state index contributed by atoms with van der Waals surface area (Å²) in [6, 6.07) is 15.7. The molecule has 0 aromatic heterocycles. The van der Waals surface area contributed by atoms with Crippen LogP contribution in [0.3, 0.4) is 0 Å². The van der Waals surface area contributed by atoms with Gasteiger partial charge in [0.25, 0.3) is 0 Å². The van der Waals surface area contributed by atoms with Crippen LogP contribution in [0.15, 0.2) is 53.0 Å². The van der Waals surface area contributed by atoms with Gasteiger partial charge in [-0.05, 0) is 36.8 Å². The first-order valence-corrected chi connectivity index (χ1v) is 6.54. The zero-order valence-electron chi connectivity index (χ0n) is 10.1. The second-order valence-corrected chi connectivity index (χ2v) is 5.03. The van der Waals surface area contributed by atoms with Gasteiger partial charge in [-0.15, -0.1) is 0 Å². The van der Waals surface area contributed by atoms with E-state index in [1.807, 2.05) is 36.4 Å². The van der Waals surface area contributed by atoms with E-state index in [4.69, 9.17) is 0 Å². The Morgan fingerprint density at radius 1 is 1.17 bits per heavy atom. The second-order valence-electron chi connectivity index (χ2n) is 4.12. The molecule has 0 fully saturated rings. The number of rotatable bonds is 4. The third kappa shape index (κ3) is 3.44. The van der Waals surface area contributed by atoms with E-state index in [2.05, 4.69) is 33.4 Å². The van der Waals surface area contributed by atoms with Crippen molar-refractivity contribution in [1.29, 1.82) is 0 Å². The highest BCUT2D eigenvalue weighted by Crippen LogP contribution is 2.14. The monoisotopic (exact) mass is 303 g/mol. The molecule has 0 bridgehead atoms. The number of carbonyl (C=O) groups excluding carboxylic acids is 1. The average Bonchev–Trinajstić information content (AvgIpc) is 2.38.